The van der Waals surface area contributed by atoms with Gasteiger partial charge in [-0.15, -0.1) is 0 Å². The molecule has 2 heteroatoms. The molecule has 0 aromatic rings. The quantitative estimate of drug-likeness (QED) is 0.679. The summed E-state index contributed by atoms with van der Waals surface area (Å²) in [5.74, 6) is 1.35. The average molecular weight is 197 g/mol. The van der Waals surface area contributed by atoms with Crippen LogP contribution in [0.15, 0.2) is 12.2 Å². The SMILES string of the molecule is CC1CCC(C)(C)C1/C=C/C(N)CO. The van der Waals surface area contributed by atoms with Gasteiger partial charge in [0, 0.05) is 6.04 Å². The van der Waals surface area contributed by atoms with E-state index in [1.54, 1.807) is 0 Å². The molecule has 82 valence electrons. The molecule has 0 heterocycles. The van der Waals surface area contributed by atoms with E-state index in [0.29, 0.717) is 11.3 Å². The van der Waals surface area contributed by atoms with Crippen LogP contribution in [0.1, 0.15) is 33.6 Å². The van der Waals surface area contributed by atoms with E-state index < -0.39 is 0 Å². The highest BCUT2D eigenvalue weighted by molar-refractivity contribution is 5.04. The van der Waals surface area contributed by atoms with Gasteiger partial charge in [-0.25, -0.2) is 0 Å². The second-order valence-electron chi connectivity index (χ2n) is 5.26. The van der Waals surface area contributed by atoms with Crippen LogP contribution in [-0.2, 0) is 0 Å². The van der Waals surface area contributed by atoms with Crippen LogP contribution in [0.3, 0.4) is 0 Å². The molecule has 3 atom stereocenters. The summed E-state index contributed by atoms with van der Waals surface area (Å²) < 4.78 is 0. The molecule has 1 rings (SSSR count). The van der Waals surface area contributed by atoms with Gasteiger partial charge in [-0.3, -0.25) is 0 Å². The largest absolute Gasteiger partial charge is 0.394 e. The van der Waals surface area contributed by atoms with Crippen LogP contribution in [-0.4, -0.2) is 17.8 Å². The molecular formula is C12H23NO. The molecule has 1 aliphatic carbocycles. The third-order valence-corrected chi connectivity index (χ3v) is 3.54. The van der Waals surface area contributed by atoms with Crippen molar-refractivity contribution < 1.29 is 5.11 Å². The summed E-state index contributed by atoms with van der Waals surface area (Å²) in [5, 5.41) is 8.83. The van der Waals surface area contributed by atoms with Crippen molar-refractivity contribution in [3.05, 3.63) is 12.2 Å². The van der Waals surface area contributed by atoms with Gasteiger partial charge in [0.2, 0.25) is 0 Å². The number of hydrogen-bond donors (Lipinski definition) is 2. The summed E-state index contributed by atoms with van der Waals surface area (Å²) in [4.78, 5) is 0. The number of nitrogens with two attached hydrogens (primary N) is 1. The zero-order chi connectivity index (χ0) is 10.8. The lowest BCUT2D eigenvalue weighted by Crippen LogP contribution is -2.24. The van der Waals surface area contributed by atoms with Crippen molar-refractivity contribution in [2.24, 2.45) is 23.0 Å². The summed E-state index contributed by atoms with van der Waals surface area (Å²) in [7, 11) is 0. The highest BCUT2D eigenvalue weighted by atomic mass is 16.3. The summed E-state index contributed by atoms with van der Waals surface area (Å²) in [6.07, 6.45) is 6.75. The minimum absolute atomic E-state index is 0.0397. The van der Waals surface area contributed by atoms with Gasteiger partial charge >= 0.3 is 0 Å². The first-order valence-corrected chi connectivity index (χ1v) is 5.52. The number of hydrogen-bond acceptors (Lipinski definition) is 2. The van der Waals surface area contributed by atoms with Gasteiger partial charge in [-0.2, -0.15) is 0 Å². The summed E-state index contributed by atoms with van der Waals surface area (Å²) in [6.45, 7) is 6.97. The first kappa shape index (κ1) is 11.7. The van der Waals surface area contributed by atoms with Crippen LogP contribution in [0.2, 0.25) is 0 Å². The second kappa shape index (κ2) is 4.45. The molecule has 0 amide bonds. The normalized spacial score (nSPS) is 33.8. The lowest BCUT2D eigenvalue weighted by Gasteiger charge is -2.26. The molecule has 0 aromatic carbocycles. The van der Waals surface area contributed by atoms with E-state index in [4.69, 9.17) is 10.8 Å². The van der Waals surface area contributed by atoms with Gasteiger partial charge < -0.3 is 10.8 Å². The van der Waals surface area contributed by atoms with Gasteiger partial charge in [0.05, 0.1) is 6.61 Å². The molecule has 2 nitrogen and oxygen atoms in total. The van der Waals surface area contributed by atoms with E-state index in [1.807, 2.05) is 6.08 Å². The fraction of sp³-hybridized carbons (Fsp3) is 0.833. The third-order valence-electron chi connectivity index (χ3n) is 3.54. The van der Waals surface area contributed by atoms with Crippen LogP contribution in [0.5, 0.6) is 0 Å². The standard InChI is InChI=1S/C12H23NO/c1-9-6-7-12(2,3)11(9)5-4-10(13)8-14/h4-5,9-11,14H,6-8,13H2,1-3H3/b5-4+. The molecule has 0 saturated heterocycles. The maximum Gasteiger partial charge on any atom is 0.0618 e. The molecule has 1 aliphatic rings. The summed E-state index contributed by atoms with van der Waals surface area (Å²) >= 11 is 0. The Morgan fingerprint density at radius 3 is 2.64 bits per heavy atom. The topological polar surface area (TPSA) is 46.2 Å². The molecule has 0 spiro atoms. The van der Waals surface area contributed by atoms with Crippen molar-refractivity contribution in [3.63, 3.8) is 0 Å². The fourth-order valence-electron chi connectivity index (χ4n) is 2.49. The van der Waals surface area contributed by atoms with Crippen LogP contribution in [0.25, 0.3) is 0 Å². The lowest BCUT2D eigenvalue weighted by atomic mass is 9.79. The van der Waals surface area contributed by atoms with Crippen molar-refractivity contribution in [2.45, 2.75) is 39.7 Å². The zero-order valence-corrected chi connectivity index (χ0v) is 9.53. The predicted octanol–water partition coefficient (Wildman–Crippen LogP) is 1.93. The first-order valence-electron chi connectivity index (χ1n) is 5.52. The van der Waals surface area contributed by atoms with E-state index in [2.05, 4.69) is 26.8 Å². The van der Waals surface area contributed by atoms with Crippen molar-refractivity contribution >= 4 is 0 Å². The Morgan fingerprint density at radius 1 is 1.57 bits per heavy atom. The van der Waals surface area contributed by atoms with E-state index >= 15 is 0 Å². The number of aliphatic hydroxyl groups is 1. The second-order valence-corrected chi connectivity index (χ2v) is 5.26. The minimum Gasteiger partial charge on any atom is -0.394 e. The maximum atomic E-state index is 8.83. The smallest absolute Gasteiger partial charge is 0.0618 e. The molecule has 0 bridgehead atoms. The van der Waals surface area contributed by atoms with E-state index in [9.17, 15) is 0 Å². The third kappa shape index (κ3) is 2.58. The molecule has 14 heavy (non-hydrogen) atoms. The molecule has 1 fully saturated rings. The first-order chi connectivity index (χ1) is 6.47. The van der Waals surface area contributed by atoms with Crippen molar-refractivity contribution in [1.82, 2.24) is 0 Å². The zero-order valence-electron chi connectivity index (χ0n) is 9.53. The predicted molar refractivity (Wildman–Crippen MR) is 59.9 cm³/mol. The monoisotopic (exact) mass is 197 g/mol. The van der Waals surface area contributed by atoms with Crippen LogP contribution >= 0.6 is 0 Å². The highest BCUT2D eigenvalue weighted by Crippen LogP contribution is 2.46. The van der Waals surface area contributed by atoms with Crippen LogP contribution in [0.4, 0.5) is 0 Å². The molecule has 0 radical (unpaired) electrons. The Morgan fingerprint density at radius 2 is 2.21 bits per heavy atom. The van der Waals surface area contributed by atoms with Crippen LogP contribution in [0, 0.1) is 17.3 Å². The lowest BCUT2D eigenvalue weighted by molar-refractivity contribution is 0.271. The van der Waals surface area contributed by atoms with Gasteiger partial charge in [-0.1, -0.05) is 32.9 Å². The molecule has 3 unspecified atom stereocenters. The molecular weight excluding hydrogens is 174 g/mol. The van der Waals surface area contributed by atoms with Crippen molar-refractivity contribution in [1.29, 1.82) is 0 Å². The van der Waals surface area contributed by atoms with E-state index in [1.165, 1.54) is 12.8 Å². The van der Waals surface area contributed by atoms with E-state index in [-0.39, 0.29) is 12.6 Å². The van der Waals surface area contributed by atoms with Crippen LogP contribution < -0.4 is 5.73 Å². The van der Waals surface area contributed by atoms with E-state index in [0.717, 1.165) is 5.92 Å². The Kier molecular flexibility index (Phi) is 3.73. The Balaban J connectivity index is 2.62. The Labute approximate surface area is 87.2 Å². The van der Waals surface area contributed by atoms with Crippen molar-refractivity contribution in [2.75, 3.05) is 6.61 Å². The van der Waals surface area contributed by atoms with Crippen molar-refractivity contribution in [3.8, 4) is 0 Å². The summed E-state index contributed by atoms with van der Waals surface area (Å²) in [6, 6.07) is -0.196. The molecule has 0 aromatic heterocycles. The van der Waals surface area contributed by atoms with Gasteiger partial charge in [-0.05, 0) is 30.1 Å². The minimum atomic E-state index is -0.196. The molecule has 3 N–H and O–H groups in total. The summed E-state index contributed by atoms with van der Waals surface area (Å²) in [5.41, 5.74) is 6.04. The fourth-order valence-corrected chi connectivity index (χ4v) is 2.49. The van der Waals surface area contributed by atoms with Gasteiger partial charge in [0.15, 0.2) is 0 Å². The highest BCUT2D eigenvalue weighted by Gasteiger charge is 2.37. The van der Waals surface area contributed by atoms with Gasteiger partial charge in [0.25, 0.3) is 0 Å². The number of allylic oxidation sites excluding steroid dienone is 1. The number of aliphatic hydroxyl groups excluding tert-OH is 1. The van der Waals surface area contributed by atoms with Gasteiger partial charge in [0.1, 0.15) is 0 Å². The number of rotatable bonds is 3. The molecule has 0 aliphatic heterocycles. The average Bonchev–Trinajstić information content (AvgIpc) is 2.38. The maximum absolute atomic E-state index is 8.83. The Hall–Kier alpha value is -0.340. The molecule has 1 saturated carbocycles. The Bertz CT molecular complexity index is 210.